The lowest BCUT2D eigenvalue weighted by atomic mass is 10.1. The van der Waals surface area contributed by atoms with E-state index in [4.69, 9.17) is 0 Å². The van der Waals surface area contributed by atoms with E-state index in [0.29, 0.717) is 5.56 Å². The Balaban J connectivity index is 1.52. The average Bonchev–Trinajstić information content (AvgIpc) is 2.76. The van der Waals surface area contributed by atoms with Crippen molar-refractivity contribution in [3.63, 3.8) is 0 Å². The number of rotatable bonds is 9. The summed E-state index contributed by atoms with van der Waals surface area (Å²) in [6.45, 7) is -0.0222. The number of amides is 1. The van der Waals surface area contributed by atoms with Crippen LogP contribution in [0, 0.1) is 5.82 Å². The largest absolute Gasteiger partial charge is 0.355 e. The monoisotopic (exact) mass is 476 g/mol. The van der Waals surface area contributed by atoms with Gasteiger partial charge in [-0.2, -0.15) is 0 Å². The summed E-state index contributed by atoms with van der Waals surface area (Å²) in [7, 11) is -7.35. The number of sulfone groups is 1. The van der Waals surface area contributed by atoms with E-state index in [1.54, 1.807) is 30.3 Å². The fraction of sp³-hybridized carbons (Fsp3) is 0.136. The van der Waals surface area contributed by atoms with E-state index in [1.807, 2.05) is 0 Å². The summed E-state index contributed by atoms with van der Waals surface area (Å²) in [6.07, 6.45) is 0.0103. The number of nitrogens with one attached hydrogen (secondary N) is 2. The van der Waals surface area contributed by atoms with Gasteiger partial charge >= 0.3 is 0 Å². The van der Waals surface area contributed by atoms with E-state index in [9.17, 15) is 26.0 Å². The van der Waals surface area contributed by atoms with Crippen LogP contribution < -0.4 is 10.0 Å². The fourth-order valence-corrected chi connectivity index (χ4v) is 5.07. The van der Waals surface area contributed by atoms with Gasteiger partial charge in [0.15, 0.2) is 9.84 Å². The van der Waals surface area contributed by atoms with Crippen LogP contribution in [0.25, 0.3) is 0 Å². The van der Waals surface area contributed by atoms with E-state index in [0.717, 1.165) is 24.3 Å². The molecule has 0 atom stereocenters. The molecule has 0 saturated carbocycles. The molecule has 168 valence electrons. The van der Waals surface area contributed by atoms with Gasteiger partial charge in [0.05, 0.1) is 22.0 Å². The minimum Gasteiger partial charge on any atom is -0.355 e. The number of halogens is 1. The normalized spacial score (nSPS) is 11.7. The molecule has 0 saturated heterocycles. The predicted octanol–water partition coefficient (Wildman–Crippen LogP) is 2.76. The Morgan fingerprint density at radius 3 is 2.03 bits per heavy atom. The molecule has 0 aliphatic carbocycles. The van der Waals surface area contributed by atoms with Crippen molar-refractivity contribution in [3.8, 4) is 0 Å². The number of anilines is 1. The average molecular weight is 477 g/mol. The molecule has 0 unspecified atom stereocenters. The topological polar surface area (TPSA) is 109 Å². The van der Waals surface area contributed by atoms with Gasteiger partial charge in [0.1, 0.15) is 5.82 Å². The summed E-state index contributed by atoms with van der Waals surface area (Å²) in [6, 6.07) is 18.6. The maximum atomic E-state index is 13.0. The maximum absolute atomic E-state index is 13.0. The molecule has 10 heteroatoms. The van der Waals surface area contributed by atoms with Crippen molar-refractivity contribution in [2.45, 2.75) is 16.2 Å². The van der Waals surface area contributed by atoms with Gasteiger partial charge in [-0.25, -0.2) is 21.2 Å². The van der Waals surface area contributed by atoms with E-state index in [-0.39, 0.29) is 40.1 Å². The van der Waals surface area contributed by atoms with Crippen LogP contribution >= 0.6 is 0 Å². The first-order chi connectivity index (χ1) is 15.2. The number of hydrogen-bond donors (Lipinski definition) is 2. The Labute approximate surface area is 186 Å². The molecule has 3 aromatic carbocycles. The molecule has 0 aliphatic rings. The number of hydrogen-bond acceptors (Lipinski definition) is 5. The standard InChI is InChI=1S/C22H21FN2O5S2/c23-18-8-12-21(13-9-18)32(29,30)25-19-10-6-17(7-11-19)16-22(26)24-14-15-31(27,28)20-4-2-1-3-5-20/h1-13,25H,14-16H2,(H,24,26). The molecule has 3 rings (SSSR count). The van der Waals surface area contributed by atoms with Gasteiger partial charge in [0.25, 0.3) is 10.0 Å². The molecular formula is C22H21FN2O5S2. The van der Waals surface area contributed by atoms with Crippen LogP contribution in [-0.2, 0) is 31.1 Å². The fourth-order valence-electron chi connectivity index (χ4n) is 2.84. The number of carbonyl (C=O) groups excluding carboxylic acids is 1. The Morgan fingerprint density at radius 2 is 1.41 bits per heavy atom. The zero-order valence-electron chi connectivity index (χ0n) is 16.9. The molecule has 0 aliphatic heterocycles. The van der Waals surface area contributed by atoms with Crippen LogP contribution in [0.2, 0.25) is 0 Å². The van der Waals surface area contributed by atoms with Crippen molar-refractivity contribution in [2.24, 2.45) is 0 Å². The first-order valence-corrected chi connectivity index (χ1v) is 12.7. The quantitative estimate of drug-likeness (QED) is 0.494. The summed E-state index contributed by atoms with van der Waals surface area (Å²) < 4.78 is 64.5. The van der Waals surface area contributed by atoms with E-state index >= 15 is 0 Å². The van der Waals surface area contributed by atoms with Crippen LogP contribution in [-0.4, -0.2) is 35.0 Å². The molecule has 0 bridgehead atoms. The third-order valence-electron chi connectivity index (χ3n) is 4.49. The summed E-state index contributed by atoms with van der Waals surface area (Å²) in [5.74, 6) is -1.11. The first-order valence-electron chi connectivity index (χ1n) is 9.57. The zero-order chi connectivity index (χ0) is 23.2. The van der Waals surface area contributed by atoms with Crippen molar-refractivity contribution in [1.29, 1.82) is 0 Å². The third-order valence-corrected chi connectivity index (χ3v) is 7.62. The van der Waals surface area contributed by atoms with Crippen LogP contribution in [0.1, 0.15) is 5.56 Å². The molecule has 0 heterocycles. The van der Waals surface area contributed by atoms with Crippen LogP contribution in [0.5, 0.6) is 0 Å². The van der Waals surface area contributed by atoms with E-state index < -0.39 is 25.7 Å². The van der Waals surface area contributed by atoms with Crippen molar-refractivity contribution in [1.82, 2.24) is 5.32 Å². The molecular weight excluding hydrogens is 455 g/mol. The first kappa shape index (κ1) is 23.4. The molecule has 3 aromatic rings. The second kappa shape index (κ2) is 9.92. The molecule has 0 spiro atoms. The van der Waals surface area contributed by atoms with Gasteiger partial charge in [-0.15, -0.1) is 0 Å². The third kappa shape index (κ3) is 6.38. The Kier molecular flexibility index (Phi) is 7.26. The van der Waals surface area contributed by atoms with Gasteiger partial charge < -0.3 is 5.32 Å². The van der Waals surface area contributed by atoms with Crippen molar-refractivity contribution in [3.05, 3.63) is 90.2 Å². The highest BCUT2D eigenvalue weighted by Crippen LogP contribution is 2.17. The van der Waals surface area contributed by atoms with Crippen LogP contribution in [0.15, 0.2) is 88.7 Å². The van der Waals surface area contributed by atoms with Crippen molar-refractivity contribution < 1.29 is 26.0 Å². The van der Waals surface area contributed by atoms with Gasteiger partial charge in [0, 0.05) is 12.2 Å². The van der Waals surface area contributed by atoms with Crippen molar-refractivity contribution in [2.75, 3.05) is 17.0 Å². The summed E-state index contributed by atoms with van der Waals surface area (Å²) >= 11 is 0. The Hall–Kier alpha value is -3.24. The maximum Gasteiger partial charge on any atom is 0.261 e. The zero-order valence-corrected chi connectivity index (χ0v) is 18.5. The smallest absolute Gasteiger partial charge is 0.261 e. The number of carbonyl (C=O) groups is 1. The highest BCUT2D eigenvalue weighted by atomic mass is 32.2. The van der Waals surface area contributed by atoms with Gasteiger partial charge in [-0.1, -0.05) is 30.3 Å². The van der Waals surface area contributed by atoms with E-state index in [2.05, 4.69) is 10.0 Å². The second-order valence-corrected chi connectivity index (χ2v) is 10.7. The molecule has 7 nitrogen and oxygen atoms in total. The Morgan fingerprint density at radius 1 is 0.781 bits per heavy atom. The highest BCUT2D eigenvalue weighted by molar-refractivity contribution is 7.92. The Bertz CT molecular complexity index is 1280. The van der Waals surface area contributed by atoms with E-state index in [1.165, 1.54) is 24.3 Å². The van der Waals surface area contributed by atoms with Gasteiger partial charge in [0.2, 0.25) is 5.91 Å². The summed E-state index contributed by atoms with van der Waals surface area (Å²) in [5, 5.41) is 2.58. The highest BCUT2D eigenvalue weighted by Gasteiger charge is 2.15. The second-order valence-electron chi connectivity index (χ2n) is 6.91. The molecule has 0 radical (unpaired) electrons. The lowest BCUT2D eigenvalue weighted by molar-refractivity contribution is -0.120. The minimum atomic E-state index is -3.87. The molecule has 0 aromatic heterocycles. The minimum absolute atomic E-state index is 0.0103. The van der Waals surface area contributed by atoms with Crippen LogP contribution in [0.4, 0.5) is 10.1 Å². The van der Waals surface area contributed by atoms with Gasteiger partial charge in [-0.3, -0.25) is 9.52 Å². The van der Waals surface area contributed by atoms with Gasteiger partial charge in [-0.05, 0) is 54.1 Å². The van der Waals surface area contributed by atoms with Crippen LogP contribution in [0.3, 0.4) is 0 Å². The number of sulfonamides is 1. The summed E-state index contributed by atoms with van der Waals surface area (Å²) in [4.78, 5) is 12.2. The molecule has 32 heavy (non-hydrogen) atoms. The lowest BCUT2D eigenvalue weighted by Crippen LogP contribution is -2.30. The molecule has 2 N–H and O–H groups in total. The van der Waals surface area contributed by atoms with Crippen molar-refractivity contribution >= 4 is 31.5 Å². The predicted molar refractivity (Wildman–Crippen MR) is 119 cm³/mol. The SMILES string of the molecule is O=C(Cc1ccc(NS(=O)(=O)c2ccc(F)cc2)cc1)NCCS(=O)(=O)c1ccccc1. The molecule has 0 fully saturated rings. The number of benzene rings is 3. The summed E-state index contributed by atoms with van der Waals surface area (Å²) in [5.41, 5.74) is 0.908. The lowest BCUT2D eigenvalue weighted by Gasteiger charge is -2.09. The molecule has 1 amide bonds.